The summed E-state index contributed by atoms with van der Waals surface area (Å²) in [7, 11) is 1.70. The average molecular weight is 224 g/mol. The normalized spacial score (nSPS) is 10.7. The summed E-state index contributed by atoms with van der Waals surface area (Å²) in [6, 6.07) is 16.5. The molecule has 0 fully saturated rings. The first-order chi connectivity index (χ1) is 8.29. The van der Waals surface area contributed by atoms with Crippen LogP contribution >= 0.6 is 0 Å². The lowest BCUT2D eigenvalue weighted by Crippen LogP contribution is -1.87. The molecule has 0 aliphatic carbocycles. The minimum Gasteiger partial charge on any atom is -0.496 e. The maximum absolute atomic E-state index is 5.30. The SMILES string of the molecule is COc1cc(/C=C/c2ccccc2)ccc1C. The molecule has 0 bridgehead atoms. The van der Waals surface area contributed by atoms with E-state index >= 15 is 0 Å². The number of aryl methyl sites for hydroxylation is 1. The summed E-state index contributed by atoms with van der Waals surface area (Å²) in [5, 5.41) is 0. The average Bonchev–Trinajstić information content (AvgIpc) is 2.39. The summed E-state index contributed by atoms with van der Waals surface area (Å²) in [4.78, 5) is 0. The van der Waals surface area contributed by atoms with Crippen LogP contribution in [0.4, 0.5) is 0 Å². The summed E-state index contributed by atoms with van der Waals surface area (Å²) in [6.45, 7) is 2.05. The van der Waals surface area contributed by atoms with E-state index in [0.717, 1.165) is 16.9 Å². The van der Waals surface area contributed by atoms with Crippen molar-refractivity contribution in [3.05, 3.63) is 65.2 Å². The number of hydrogen-bond acceptors (Lipinski definition) is 1. The molecule has 0 saturated heterocycles. The minimum absolute atomic E-state index is 0.931. The molecule has 0 unspecified atom stereocenters. The lowest BCUT2D eigenvalue weighted by molar-refractivity contribution is 0.411. The van der Waals surface area contributed by atoms with Gasteiger partial charge in [0.25, 0.3) is 0 Å². The molecule has 0 amide bonds. The van der Waals surface area contributed by atoms with Gasteiger partial charge < -0.3 is 4.74 Å². The van der Waals surface area contributed by atoms with E-state index in [-0.39, 0.29) is 0 Å². The standard InChI is InChI=1S/C16H16O/c1-13-8-9-15(12-16(13)17-2)11-10-14-6-4-3-5-7-14/h3-12H,1-2H3/b11-10+. The van der Waals surface area contributed by atoms with Crippen molar-refractivity contribution in [3.8, 4) is 5.75 Å². The van der Waals surface area contributed by atoms with Crippen molar-refractivity contribution < 1.29 is 4.74 Å². The first-order valence-electron chi connectivity index (χ1n) is 5.67. The Morgan fingerprint density at radius 1 is 0.882 bits per heavy atom. The maximum Gasteiger partial charge on any atom is 0.122 e. The molecule has 2 rings (SSSR count). The zero-order chi connectivity index (χ0) is 12.1. The Kier molecular flexibility index (Phi) is 3.61. The molecule has 86 valence electrons. The van der Waals surface area contributed by atoms with Crippen molar-refractivity contribution in [1.29, 1.82) is 0 Å². The van der Waals surface area contributed by atoms with Gasteiger partial charge in [-0.1, -0.05) is 54.6 Å². The van der Waals surface area contributed by atoms with E-state index in [9.17, 15) is 0 Å². The molecule has 1 nitrogen and oxygen atoms in total. The summed E-state index contributed by atoms with van der Waals surface area (Å²) >= 11 is 0. The molecule has 0 spiro atoms. The Bertz CT molecular complexity index is 512. The molecule has 0 aromatic heterocycles. The zero-order valence-corrected chi connectivity index (χ0v) is 10.2. The fourth-order valence-electron chi connectivity index (χ4n) is 1.70. The Morgan fingerprint density at radius 2 is 1.59 bits per heavy atom. The lowest BCUT2D eigenvalue weighted by atomic mass is 10.1. The Morgan fingerprint density at radius 3 is 2.29 bits per heavy atom. The second-order valence-electron chi connectivity index (χ2n) is 3.97. The smallest absolute Gasteiger partial charge is 0.122 e. The van der Waals surface area contributed by atoms with Crippen LogP contribution in [0, 0.1) is 6.92 Å². The molecule has 0 aliphatic heterocycles. The van der Waals surface area contributed by atoms with Crippen LogP contribution in [0.2, 0.25) is 0 Å². The molecule has 0 N–H and O–H groups in total. The van der Waals surface area contributed by atoms with Gasteiger partial charge in [0.05, 0.1) is 7.11 Å². The van der Waals surface area contributed by atoms with Gasteiger partial charge in [-0.25, -0.2) is 0 Å². The van der Waals surface area contributed by atoms with Gasteiger partial charge in [0, 0.05) is 0 Å². The molecule has 0 heterocycles. The Hall–Kier alpha value is -2.02. The van der Waals surface area contributed by atoms with Gasteiger partial charge in [-0.15, -0.1) is 0 Å². The number of rotatable bonds is 3. The predicted octanol–water partition coefficient (Wildman–Crippen LogP) is 4.17. The summed E-state index contributed by atoms with van der Waals surface area (Å²) in [5.41, 5.74) is 3.51. The molecule has 2 aromatic rings. The van der Waals surface area contributed by atoms with Crippen LogP contribution in [-0.2, 0) is 0 Å². The van der Waals surface area contributed by atoms with E-state index in [2.05, 4.69) is 42.5 Å². The van der Waals surface area contributed by atoms with Gasteiger partial charge in [-0.05, 0) is 29.7 Å². The molecule has 0 aliphatic rings. The minimum atomic E-state index is 0.931. The first-order valence-corrected chi connectivity index (χ1v) is 5.67. The summed E-state index contributed by atoms with van der Waals surface area (Å²) in [6.07, 6.45) is 4.20. The van der Waals surface area contributed by atoms with Crippen LogP contribution in [0.25, 0.3) is 12.2 Å². The largest absolute Gasteiger partial charge is 0.496 e. The fraction of sp³-hybridized carbons (Fsp3) is 0.125. The van der Waals surface area contributed by atoms with Crippen LogP contribution in [0.15, 0.2) is 48.5 Å². The van der Waals surface area contributed by atoms with Gasteiger partial charge in [0.1, 0.15) is 5.75 Å². The van der Waals surface area contributed by atoms with E-state index < -0.39 is 0 Å². The Labute approximate surface area is 102 Å². The zero-order valence-electron chi connectivity index (χ0n) is 10.2. The maximum atomic E-state index is 5.30. The topological polar surface area (TPSA) is 9.23 Å². The van der Waals surface area contributed by atoms with Gasteiger partial charge >= 0.3 is 0 Å². The molecule has 1 heteroatoms. The van der Waals surface area contributed by atoms with Crippen LogP contribution in [0.1, 0.15) is 16.7 Å². The molecule has 0 saturated carbocycles. The highest BCUT2D eigenvalue weighted by molar-refractivity contribution is 5.70. The van der Waals surface area contributed by atoms with E-state index in [1.54, 1.807) is 7.11 Å². The molecule has 0 atom stereocenters. The van der Waals surface area contributed by atoms with Crippen molar-refractivity contribution in [1.82, 2.24) is 0 Å². The van der Waals surface area contributed by atoms with Gasteiger partial charge in [0.2, 0.25) is 0 Å². The van der Waals surface area contributed by atoms with E-state index in [0.29, 0.717) is 0 Å². The van der Waals surface area contributed by atoms with E-state index in [1.807, 2.05) is 25.1 Å². The molecule has 0 radical (unpaired) electrons. The first kappa shape index (κ1) is 11.5. The van der Waals surface area contributed by atoms with Crippen LogP contribution < -0.4 is 4.74 Å². The summed E-state index contributed by atoms with van der Waals surface area (Å²) < 4.78 is 5.30. The third-order valence-corrected chi connectivity index (χ3v) is 2.70. The van der Waals surface area contributed by atoms with E-state index in [4.69, 9.17) is 4.74 Å². The summed E-state index contributed by atoms with van der Waals surface area (Å²) in [5.74, 6) is 0.931. The highest BCUT2D eigenvalue weighted by Gasteiger charge is 1.97. The van der Waals surface area contributed by atoms with E-state index in [1.165, 1.54) is 5.56 Å². The molecule has 17 heavy (non-hydrogen) atoms. The monoisotopic (exact) mass is 224 g/mol. The fourth-order valence-corrected chi connectivity index (χ4v) is 1.70. The number of ether oxygens (including phenoxy) is 1. The molecule has 2 aromatic carbocycles. The van der Waals surface area contributed by atoms with Crippen molar-refractivity contribution in [2.24, 2.45) is 0 Å². The van der Waals surface area contributed by atoms with Gasteiger partial charge in [-0.3, -0.25) is 0 Å². The Balaban J connectivity index is 2.22. The van der Waals surface area contributed by atoms with Crippen LogP contribution in [-0.4, -0.2) is 7.11 Å². The second kappa shape index (κ2) is 5.35. The number of methoxy groups -OCH3 is 1. The third kappa shape index (κ3) is 2.97. The number of hydrogen-bond donors (Lipinski definition) is 0. The van der Waals surface area contributed by atoms with Crippen molar-refractivity contribution in [2.45, 2.75) is 6.92 Å². The highest BCUT2D eigenvalue weighted by Crippen LogP contribution is 2.20. The van der Waals surface area contributed by atoms with Gasteiger partial charge in [-0.2, -0.15) is 0 Å². The third-order valence-electron chi connectivity index (χ3n) is 2.70. The molecular weight excluding hydrogens is 208 g/mol. The van der Waals surface area contributed by atoms with Crippen molar-refractivity contribution >= 4 is 12.2 Å². The molecular formula is C16H16O. The van der Waals surface area contributed by atoms with Crippen LogP contribution in [0.5, 0.6) is 5.75 Å². The highest BCUT2D eigenvalue weighted by atomic mass is 16.5. The predicted molar refractivity (Wildman–Crippen MR) is 73.1 cm³/mol. The van der Waals surface area contributed by atoms with Crippen LogP contribution in [0.3, 0.4) is 0 Å². The lowest BCUT2D eigenvalue weighted by Gasteiger charge is -2.04. The quantitative estimate of drug-likeness (QED) is 0.711. The second-order valence-corrected chi connectivity index (χ2v) is 3.97. The van der Waals surface area contributed by atoms with Gasteiger partial charge in [0.15, 0.2) is 0 Å². The number of benzene rings is 2. The van der Waals surface area contributed by atoms with Crippen molar-refractivity contribution in [3.63, 3.8) is 0 Å². The van der Waals surface area contributed by atoms with Crippen molar-refractivity contribution in [2.75, 3.05) is 7.11 Å².